The Morgan fingerprint density at radius 1 is 1.25 bits per heavy atom. The van der Waals surface area contributed by atoms with Crippen LogP contribution in [0.15, 0.2) is 42.9 Å². The molecular formula is C22H18FN9. The third-order valence-electron chi connectivity index (χ3n) is 5.50. The summed E-state index contributed by atoms with van der Waals surface area (Å²) in [6.07, 6.45) is 2.98. The van der Waals surface area contributed by atoms with Crippen LogP contribution in [0.4, 0.5) is 16.0 Å². The Morgan fingerprint density at radius 2 is 2.09 bits per heavy atom. The number of nitrogens with zero attached hydrogens (tertiary/aromatic N) is 6. The highest BCUT2D eigenvalue weighted by Gasteiger charge is 2.22. The third-order valence-corrected chi connectivity index (χ3v) is 5.50. The quantitative estimate of drug-likeness (QED) is 0.398. The maximum absolute atomic E-state index is 15.2. The van der Waals surface area contributed by atoms with Gasteiger partial charge in [-0.05, 0) is 30.7 Å². The van der Waals surface area contributed by atoms with Crippen molar-refractivity contribution in [1.82, 2.24) is 29.7 Å². The number of nitriles is 1. The fourth-order valence-electron chi connectivity index (χ4n) is 4.02. The molecule has 5 aromatic rings. The molecule has 0 aliphatic heterocycles. The zero-order valence-electron chi connectivity index (χ0n) is 17.3. The predicted octanol–water partition coefficient (Wildman–Crippen LogP) is 3.67. The molecule has 1 unspecified atom stereocenters. The minimum Gasteiger partial charge on any atom is -0.382 e. The van der Waals surface area contributed by atoms with E-state index in [0.29, 0.717) is 28.2 Å². The number of fused-ring (bicyclic) bond motifs is 2. The maximum Gasteiger partial charge on any atom is 0.150 e. The van der Waals surface area contributed by atoms with Crippen LogP contribution in [0.1, 0.15) is 24.4 Å². The number of aromatic amines is 1. The summed E-state index contributed by atoms with van der Waals surface area (Å²) in [5, 5.41) is 20.4. The highest BCUT2D eigenvalue weighted by Crippen LogP contribution is 2.36. The first-order valence-corrected chi connectivity index (χ1v) is 9.84. The molecule has 3 heterocycles. The number of hydrogen-bond acceptors (Lipinski definition) is 7. The number of aryl methyl sites for hydroxylation is 1. The highest BCUT2D eigenvalue weighted by atomic mass is 19.1. The van der Waals surface area contributed by atoms with E-state index in [2.05, 4.69) is 25.5 Å². The van der Waals surface area contributed by atoms with Gasteiger partial charge in [0.05, 0.1) is 28.8 Å². The molecule has 0 bridgehead atoms. The molecule has 3 aromatic heterocycles. The van der Waals surface area contributed by atoms with Gasteiger partial charge in [-0.3, -0.25) is 5.10 Å². The van der Waals surface area contributed by atoms with Crippen molar-refractivity contribution in [3.8, 4) is 17.2 Å². The first kappa shape index (κ1) is 19.4. The molecule has 2 aromatic carbocycles. The van der Waals surface area contributed by atoms with Crippen LogP contribution in [0.3, 0.4) is 0 Å². The van der Waals surface area contributed by atoms with Crippen molar-refractivity contribution in [3.63, 3.8) is 0 Å². The van der Waals surface area contributed by atoms with Gasteiger partial charge in [0.2, 0.25) is 0 Å². The molecule has 0 fully saturated rings. The van der Waals surface area contributed by atoms with Gasteiger partial charge in [-0.15, -0.1) is 0 Å². The van der Waals surface area contributed by atoms with Crippen molar-refractivity contribution in [2.75, 3.05) is 11.1 Å². The summed E-state index contributed by atoms with van der Waals surface area (Å²) in [7, 11) is 1.83. The van der Waals surface area contributed by atoms with Crippen molar-refractivity contribution in [1.29, 1.82) is 5.26 Å². The number of nitrogens with two attached hydrogens (primary N) is 1. The topological polar surface area (TPSA) is 134 Å². The summed E-state index contributed by atoms with van der Waals surface area (Å²) >= 11 is 0. The zero-order chi connectivity index (χ0) is 22.4. The second-order valence-electron chi connectivity index (χ2n) is 7.42. The lowest BCUT2D eigenvalue weighted by Crippen LogP contribution is -2.15. The van der Waals surface area contributed by atoms with Gasteiger partial charge in [-0.25, -0.2) is 19.3 Å². The fraction of sp³-hybridized carbons (Fsp3) is 0.136. The molecule has 9 nitrogen and oxygen atoms in total. The molecule has 5 rings (SSSR count). The lowest BCUT2D eigenvalue weighted by atomic mass is 10.00. The van der Waals surface area contributed by atoms with Gasteiger partial charge in [-0.2, -0.15) is 10.4 Å². The molecular weight excluding hydrogens is 409 g/mol. The SMILES string of the molecule is CC(Nc1ncnc(N)c1C#N)c1nc2ccc(F)c(-c3cccc4[nH]ncc34)c2n1C. The molecule has 1 atom stereocenters. The van der Waals surface area contributed by atoms with E-state index in [0.717, 1.165) is 16.5 Å². The van der Waals surface area contributed by atoms with Crippen LogP contribution in [0.2, 0.25) is 0 Å². The van der Waals surface area contributed by atoms with E-state index in [1.807, 2.05) is 42.8 Å². The fourth-order valence-corrected chi connectivity index (χ4v) is 4.02. The van der Waals surface area contributed by atoms with Crippen molar-refractivity contribution >= 4 is 33.6 Å². The smallest absolute Gasteiger partial charge is 0.150 e. The Hall–Kier alpha value is -4.52. The molecule has 0 aliphatic carbocycles. The van der Waals surface area contributed by atoms with E-state index in [-0.39, 0.29) is 23.2 Å². The number of rotatable bonds is 4. The monoisotopic (exact) mass is 427 g/mol. The number of halogens is 1. The largest absolute Gasteiger partial charge is 0.382 e. The van der Waals surface area contributed by atoms with Gasteiger partial charge in [0.1, 0.15) is 41.2 Å². The van der Waals surface area contributed by atoms with Crippen LogP contribution in [0.5, 0.6) is 0 Å². The Kier molecular flexibility index (Phi) is 4.44. The molecule has 0 amide bonds. The van der Waals surface area contributed by atoms with Gasteiger partial charge < -0.3 is 15.6 Å². The molecule has 0 saturated heterocycles. The van der Waals surface area contributed by atoms with E-state index < -0.39 is 0 Å². The lowest BCUT2D eigenvalue weighted by Gasteiger charge is -2.16. The molecule has 32 heavy (non-hydrogen) atoms. The standard InChI is InChI=1S/C22H18FN9/c1-11(29-21-13(8-24)20(25)26-10-27-21)22-30-17-7-6-15(23)18(19(17)32(22)2)12-4-3-5-16-14(12)9-28-31-16/h3-7,9-11H,1-2H3,(H,28,31)(H3,25,26,27,29). The summed E-state index contributed by atoms with van der Waals surface area (Å²) in [5.41, 5.74) is 9.26. The van der Waals surface area contributed by atoms with E-state index in [1.165, 1.54) is 12.4 Å². The van der Waals surface area contributed by atoms with Crippen molar-refractivity contribution in [2.24, 2.45) is 7.05 Å². The van der Waals surface area contributed by atoms with Crippen LogP contribution >= 0.6 is 0 Å². The Labute approximate surface area is 181 Å². The van der Waals surface area contributed by atoms with Crippen molar-refractivity contribution in [2.45, 2.75) is 13.0 Å². The Balaban J connectivity index is 1.66. The Morgan fingerprint density at radius 3 is 2.91 bits per heavy atom. The third kappa shape index (κ3) is 2.91. The second-order valence-corrected chi connectivity index (χ2v) is 7.42. The summed E-state index contributed by atoms with van der Waals surface area (Å²) < 4.78 is 17.0. The molecule has 10 heteroatoms. The number of imidazole rings is 1. The van der Waals surface area contributed by atoms with Crippen LogP contribution in [-0.4, -0.2) is 29.7 Å². The van der Waals surface area contributed by atoms with Crippen LogP contribution < -0.4 is 11.1 Å². The van der Waals surface area contributed by atoms with Gasteiger partial charge >= 0.3 is 0 Å². The number of H-pyrrole nitrogens is 1. The average Bonchev–Trinajstić information content (AvgIpc) is 3.39. The highest BCUT2D eigenvalue weighted by molar-refractivity contribution is 6.02. The number of anilines is 2. The van der Waals surface area contributed by atoms with E-state index in [4.69, 9.17) is 10.7 Å². The first-order valence-electron chi connectivity index (χ1n) is 9.84. The van der Waals surface area contributed by atoms with Crippen LogP contribution in [-0.2, 0) is 7.05 Å². The minimum atomic E-state index is -0.352. The predicted molar refractivity (Wildman–Crippen MR) is 119 cm³/mol. The number of benzene rings is 2. The van der Waals surface area contributed by atoms with E-state index in [9.17, 15) is 5.26 Å². The zero-order valence-corrected chi connectivity index (χ0v) is 17.3. The maximum atomic E-state index is 15.2. The minimum absolute atomic E-state index is 0.0970. The molecule has 0 aliphatic rings. The summed E-state index contributed by atoms with van der Waals surface area (Å²) in [5.74, 6) is 0.706. The lowest BCUT2D eigenvalue weighted by molar-refractivity contribution is 0.632. The molecule has 0 spiro atoms. The number of nitrogens with one attached hydrogen (secondary N) is 2. The van der Waals surface area contributed by atoms with Crippen molar-refractivity contribution in [3.05, 3.63) is 60.1 Å². The number of nitrogen functional groups attached to an aromatic ring is 1. The number of hydrogen-bond donors (Lipinski definition) is 3. The van der Waals surface area contributed by atoms with E-state index in [1.54, 1.807) is 12.3 Å². The van der Waals surface area contributed by atoms with Gasteiger partial charge in [0.25, 0.3) is 0 Å². The molecule has 0 radical (unpaired) electrons. The average molecular weight is 427 g/mol. The molecule has 4 N–H and O–H groups in total. The molecule has 158 valence electrons. The summed E-state index contributed by atoms with van der Waals surface area (Å²) in [4.78, 5) is 12.7. The van der Waals surface area contributed by atoms with Gasteiger partial charge in [0, 0.05) is 18.0 Å². The van der Waals surface area contributed by atoms with Gasteiger partial charge in [-0.1, -0.05) is 12.1 Å². The summed E-state index contributed by atoms with van der Waals surface area (Å²) in [6, 6.07) is 10.4. The number of aromatic nitrogens is 6. The summed E-state index contributed by atoms with van der Waals surface area (Å²) in [6.45, 7) is 1.88. The van der Waals surface area contributed by atoms with Gasteiger partial charge in [0.15, 0.2) is 0 Å². The molecule has 0 saturated carbocycles. The van der Waals surface area contributed by atoms with E-state index >= 15 is 4.39 Å². The Bertz CT molecular complexity index is 1530. The van der Waals surface area contributed by atoms with Crippen LogP contribution in [0, 0.1) is 17.1 Å². The first-order chi connectivity index (χ1) is 15.5. The van der Waals surface area contributed by atoms with Crippen LogP contribution in [0.25, 0.3) is 33.1 Å². The van der Waals surface area contributed by atoms with Crippen molar-refractivity contribution < 1.29 is 4.39 Å². The normalized spacial score (nSPS) is 12.2. The second kappa shape index (κ2) is 7.31.